The maximum atomic E-state index is 11.8. The van der Waals surface area contributed by atoms with Crippen molar-refractivity contribution in [1.29, 1.82) is 0 Å². The Morgan fingerprint density at radius 1 is 1.41 bits per heavy atom. The molecule has 3 N–H and O–H groups in total. The van der Waals surface area contributed by atoms with Crippen LogP contribution in [-0.2, 0) is 14.3 Å². The molecule has 126 valence electrons. The topological polar surface area (TPSA) is 88.7 Å². The molecule has 22 heavy (non-hydrogen) atoms. The molecule has 2 rings (SSSR count). The summed E-state index contributed by atoms with van der Waals surface area (Å²) >= 11 is 0. The lowest BCUT2D eigenvalue weighted by Gasteiger charge is -2.47. The number of carbonyl (C=O) groups is 2. The lowest BCUT2D eigenvalue weighted by atomic mass is 9.91. The predicted octanol–water partition coefficient (Wildman–Crippen LogP) is 0.538. The van der Waals surface area contributed by atoms with Gasteiger partial charge in [0.2, 0.25) is 5.91 Å². The number of nitrogens with one attached hydrogen (secondary N) is 3. The van der Waals surface area contributed by atoms with Gasteiger partial charge in [-0.25, -0.2) is 4.79 Å². The molecule has 1 atom stereocenters. The minimum absolute atomic E-state index is 0.0534. The molecule has 2 saturated heterocycles. The fourth-order valence-corrected chi connectivity index (χ4v) is 2.58. The van der Waals surface area contributed by atoms with Crippen molar-refractivity contribution in [3.8, 4) is 0 Å². The third-order valence-corrected chi connectivity index (χ3v) is 3.74. The van der Waals surface area contributed by atoms with Crippen LogP contribution in [0.3, 0.4) is 0 Å². The highest BCUT2D eigenvalue weighted by molar-refractivity contribution is 5.83. The highest BCUT2D eigenvalue weighted by Crippen LogP contribution is 2.21. The number of piperazine rings is 1. The molecule has 0 aromatic rings. The normalized spacial score (nSPS) is 23.6. The fourth-order valence-electron chi connectivity index (χ4n) is 2.58. The first-order valence-electron chi connectivity index (χ1n) is 7.90. The minimum atomic E-state index is -0.479. The van der Waals surface area contributed by atoms with Crippen LogP contribution in [0.1, 0.15) is 40.0 Å². The van der Waals surface area contributed by atoms with Crippen LogP contribution >= 0.6 is 0 Å². The number of hydrogen-bond donors (Lipinski definition) is 3. The largest absolute Gasteiger partial charge is 0.444 e. The molecule has 0 unspecified atom stereocenters. The van der Waals surface area contributed by atoms with Crippen molar-refractivity contribution in [2.75, 3.05) is 26.3 Å². The third kappa shape index (κ3) is 4.84. The van der Waals surface area contributed by atoms with Crippen LogP contribution in [-0.4, -0.2) is 55.5 Å². The first-order valence-corrected chi connectivity index (χ1v) is 7.90. The molecule has 0 saturated carbocycles. The maximum Gasteiger partial charge on any atom is 0.407 e. The maximum absolute atomic E-state index is 11.8. The second-order valence-electron chi connectivity index (χ2n) is 7.11. The second-order valence-corrected chi connectivity index (χ2v) is 7.11. The van der Waals surface area contributed by atoms with Crippen LogP contribution in [0.2, 0.25) is 0 Å². The second kappa shape index (κ2) is 6.83. The van der Waals surface area contributed by atoms with Gasteiger partial charge in [0, 0.05) is 13.1 Å². The molecule has 0 bridgehead atoms. The van der Waals surface area contributed by atoms with Gasteiger partial charge in [0.1, 0.15) is 5.60 Å². The van der Waals surface area contributed by atoms with Crippen molar-refractivity contribution in [1.82, 2.24) is 16.0 Å². The Balaban J connectivity index is 1.60. The third-order valence-electron chi connectivity index (χ3n) is 3.74. The summed E-state index contributed by atoms with van der Waals surface area (Å²) in [6.07, 6.45) is 2.03. The molecule has 1 spiro atoms. The average Bonchev–Trinajstić information content (AvgIpc) is 2.36. The Morgan fingerprint density at radius 2 is 2.14 bits per heavy atom. The van der Waals surface area contributed by atoms with Gasteiger partial charge in [-0.15, -0.1) is 0 Å². The Kier molecular flexibility index (Phi) is 5.28. The van der Waals surface area contributed by atoms with E-state index in [0.717, 1.165) is 19.3 Å². The van der Waals surface area contributed by atoms with E-state index in [2.05, 4.69) is 16.0 Å². The van der Waals surface area contributed by atoms with E-state index in [1.807, 2.05) is 20.8 Å². The monoisotopic (exact) mass is 313 g/mol. The zero-order valence-electron chi connectivity index (χ0n) is 13.7. The summed E-state index contributed by atoms with van der Waals surface area (Å²) in [6, 6.07) is -0.167. The van der Waals surface area contributed by atoms with Crippen molar-refractivity contribution in [2.24, 2.45) is 0 Å². The van der Waals surface area contributed by atoms with E-state index in [4.69, 9.17) is 9.47 Å². The lowest BCUT2D eigenvalue weighted by Crippen LogP contribution is -2.74. The lowest BCUT2D eigenvalue weighted by molar-refractivity contribution is -0.136. The van der Waals surface area contributed by atoms with E-state index < -0.39 is 11.7 Å². The summed E-state index contributed by atoms with van der Waals surface area (Å²) in [5.41, 5.74) is -0.541. The molecule has 0 aromatic heterocycles. The standard InChI is InChI=1S/C15H27N3O4/c1-14(2,3)22-13(20)16-7-5-4-6-11-12(19)17-8-15(18-11)9-21-10-15/h11,18H,4-10H2,1-3H3,(H,16,20)(H,17,19)/t11-/m0/s1. The molecular weight excluding hydrogens is 286 g/mol. The van der Waals surface area contributed by atoms with E-state index >= 15 is 0 Å². The molecule has 0 aliphatic carbocycles. The van der Waals surface area contributed by atoms with E-state index in [0.29, 0.717) is 26.3 Å². The van der Waals surface area contributed by atoms with E-state index in [9.17, 15) is 9.59 Å². The highest BCUT2D eigenvalue weighted by atomic mass is 16.6. The van der Waals surface area contributed by atoms with Gasteiger partial charge in [-0.3, -0.25) is 10.1 Å². The van der Waals surface area contributed by atoms with Crippen molar-refractivity contribution in [3.63, 3.8) is 0 Å². The van der Waals surface area contributed by atoms with E-state index in [-0.39, 0.29) is 17.5 Å². The van der Waals surface area contributed by atoms with Crippen LogP contribution in [0.4, 0.5) is 4.79 Å². The van der Waals surface area contributed by atoms with Gasteiger partial charge in [-0.05, 0) is 40.0 Å². The van der Waals surface area contributed by atoms with Crippen molar-refractivity contribution >= 4 is 12.0 Å². The van der Waals surface area contributed by atoms with E-state index in [1.54, 1.807) is 0 Å². The van der Waals surface area contributed by atoms with Crippen LogP contribution in [0.5, 0.6) is 0 Å². The van der Waals surface area contributed by atoms with Crippen LogP contribution < -0.4 is 16.0 Å². The summed E-state index contributed by atoms with van der Waals surface area (Å²) in [6.45, 7) is 8.01. The first kappa shape index (κ1) is 17.0. The summed E-state index contributed by atoms with van der Waals surface area (Å²) < 4.78 is 10.4. The number of carbonyl (C=O) groups excluding carboxylic acids is 2. The number of rotatable bonds is 5. The summed E-state index contributed by atoms with van der Waals surface area (Å²) in [5, 5.41) is 9.06. The zero-order valence-corrected chi connectivity index (χ0v) is 13.7. The Labute approximate surface area is 131 Å². The van der Waals surface area contributed by atoms with Crippen LogP contribution in [0.25, 0.3) is 0 Å². The molecule has 2 heterocycles. The van der Waals surface area contributed by atoms with Gasteiger partial charge in [0.15, 0.2) is 0 Å². The first-order chi connectivity index (χ1) is 10.3. The van der Waals surface area contributed by atoms with Gasteiger partial charge >= 0.3 is 6.09 Å². The molecule has 2 fully saturated rings. The molecule has 2 amide bonds. The fraction of sp³-hybridized carbons (Fsp3) is 0.867. The quantitative estimate of drug-likeness (QED) is 0.645. The van der Waals surface area contributed by atoms with Crippen molar-refractivity contribution < 1.29 is 19.1 Å². The summed E-state index contributed by atoms with van der Waals surface area (Å²) in [7, 11) is 0. The number of amides is 2. The molecular formula is C15H27N3O4. The van der Waals surface area contributed by atoms with Gasteiger partial charge in [-0.1, -0.05) is 0 Å². The minimum Gasteiger partial charge on any atom is -0.444 e. The van der Waals surface area contributed by atoms with Crippen LogP contribution in [0.15, 0.2) is 0 Å². The zero-order chi connectivity index (χ0) is 16.2. The number of hydrogen-bond acceptors (Lipinski definition) is 5. The smallest absolute Gasteiger partial charge is 0.407 e. The summed E-state index contributed by atoms with van der Waals surface area (Å²) in [5.74, 6) is 0.0534. The van der Waals surface area contributed by atoms with Crippen molar-refractivity contribution in [3.05, 3.63) is 0 Å². The van der Waals surface area contributed by atoms with Gasteiger partial charge < -0.3 is 20.1 Å². The predicted molar refractivity (Wildman–Crippen MR) is 81.6 cm³/mol. The number of alkyl carbamates (subject to hydrolysis) is 1. The van der Waals surface area contributed by atoms with Gasteiger partial charge in [0.25, 0.3) is 0 Å². The van der Waals surface area contributed by atoms with E-state index in [1.165, 1.54) is 0 Å². The SMILES string of the molecule is CC(C)(C)OC(=O)NCCCC[C@@H]1NC2(CNC1=O)COC2. The van der Waals surface area contributed by atoms with Crippen LogP contribution in [0, 0.1) is 0 Å². The average molecular weight is 313 g/mol. The molecule has 2 aliphatic heterocycles. The van der Waals surface area contributed by atoms with Gasteiger partial charge in [-0.2, -0.15) is 0 Å². The number of unbranched alkanes of at least 4 members (excludes halogenated alkanes) is 1. The Morgan fingerprint density at radius 3 is 2.73 bits per heavy atom. The summed E-state index contributed by atoms with van der Waals surface area (Å²) in [4.78, 5) is 23.3. The number of ether oxygens (including phenoxy) is 2. The van der Waals surface area contributed by atoms with Gasteiger partial charge in [0.05, 0.1) is 24.8 Å². The van der Waals surface area contributed by atoms with Crippen molar-refractivity contribution in [2.45, 2.75) is 57.2 Å². The Bertz CT molecular complexity index is 416. The molecule has 0 aromatic carbocycles. The molecule has 0 radical (unpaired) electrons. The molecule has 7 heteroatoms. The Hall–Kier alpha value is -1.34. The molecule has 7 nitrogen and oxygen atoms in total. The highest BCUT2D eigenvalue weighted by Gasteiger charge is 2.44. The molecule has 2 aliphatic rings.